The van der Waals surface area contributed by atoms with Crippen LogP contribution in [0.5, 0.6) is 0 Å². The molecule has 1 saturated heterocycles. The summed E-state index contributed by atoms with van der Waals surface area (Å²) in [7, 11) is 0. The van der Waals surface area contributed by atoms with E-state index in [0.717, 1.165) is 13.1 Å². The van der Waals surface area contributed by atoms with Crippen LogP contribution in [0.2, 0.25) is 0 Å². The van der Waals surface area contributed by atoms with Crippen molar-refractivity contribution in [2.45, 2.75) is 44.2 Å². The second-order valence-electron chi connectivity index (χ2n) is 6.18. The van der Waals surface area contributed by atoms with Gasteiger partial charge in [0.25, 0.3) is 0 Å². The van der Waals surface area contributed by atoms with Crippen LogP contribution in [0.1, 0.15) is 32.1 Å². The monoisotopic (exact) mass is 291 g/mol. The van der Waals surface area contributed by atoms with Crippen LogP contribution < -0.4 is 5.32 Å². The number of piperidine rings is 1. The molecule has 1 N–H and O–H groups in total. The molecule has 4 nitrogen and oxygen atoms in total. The summed E-state index contributed by atoms with van der Waals surface area (Å²) in [5.74, 6) is 0.192. The number of amides is 1. The highest BCUT2D eigenvalue weighted by Crippen LogP contribution is 2.27. The van der Waals surface area contributed by atoms with E-state index in [0.29, 0.717) is 31.7 Å². The van der Waals surface area contributed by atoms with Gasteiger partial charge >= 0.3 is 0 Å². The van der Waals surface area contributed by atoms with Crippen LogP contribution in [0.15, 0.2) is 25.3 Å². The van der Waals surface area contributed by atoms with Crippen molar-refractivity contribution in [2.24, 2.45) is 0 Å². The minimum atomic E-state index is 0.192. The Hall–Kier alpha value is -1.13. The van der Waals surface area contributed by atoms with Gasteiger partial charge in [-0.1, -0.05) is 18.6 Å². The molecule has 118 valence electrons. The molecule has 1 amide bonds. The maximum Gasteiger partial charge on any atom is 0.237 e. The van der Waals surface area contributed by atoms with Crippen LogP contribution in [-0.2, 0) is 4.79 Å². The summed E-state index contributed by atoms with van der Waals surface area (Å²) in [6.07, 6.45) is 9.87. The van der Waals surface area contributed by atoms with Gasteiger partial charge in [-0.05, 0) is 32.2 Å². The Balaban J connectivity index is 1.86. The van der Waals surface area contributed by atoms with E-state index < -0.39 is 0 Å². The van der Waals surface area contributed by atoms with E-state index in [1.54, 1.807) is 12.2 Å². The predicted molar refractivity (Wildman–Crippen MR) is 87.2 cm³/mol. The van der Waals surface area contributed by atoms with Crippen molar-refractivity contribution >= 4 is 5.91 Å². The quantitative estimate of drug-likeness (QED) is 0.658. The summed E-state index contributed by atoms with van der Waals surface area (Å²) in [4.78, 5) is 16.7. The van der Waals surface area contributed by atoms with E-state index in [1.807, 2.05) is 4.90 Å². The van der Waals surface area contributed by atoms with Crippen molar-refractivity contribution < 1.29 is 4.79 Å². The van der Waals surface area contributed by atoms with Gasteiger partial charge in [0.15, 0.2) is 0 Å². The van der Waals surface area contributed by atoms with Gasteiger partial charge in [-0.3, -0.25) is 9.69 Å². The van der Waals surface area contributed by atoms with Crippen molar-refractivity contribution in [3.8, 4) is 0 Å². The average Bonchev–Trinajstić information content (AvgIpc) is 3.32. The lowest BCUT2D eigenvalue weighted by molar-refractivity contribution is -0.131. The number of nitrogens with zero attached hydrogens (tertiary/aromatic N) is 2. The smallest absolute Gasteiger partial charge is 0.237 e. The maximum absolute atomic E-state index is 12.5. The normalized spacial score (nSPS) is 22.0. The lowest BCUT2D eigenvalue weighted by Crippen LogP contribution is -2.48. The highest BCUT2D eigenvalue weighted by atomic mass is 16.2. The second kappa shape index (κ2) is 8.35. The first-order chi connectivity index (χ1) is 10.2. The van der Waals surface area contributed by atoms with Crippen LogP contribution in [0.25, 0.3) is 0 Å². The maximum atomic E-state index is 12.5. The molecule has 0 aromatic heterocycles. The summed E-state index contributed by atoms with van der Waals surface area (Å²) in [6.45, 7) is 11.3. The van der Waals surface area contributed by atoms with Crippen LogP contribution in [0.4, 0.5) is 0 Å². The molecular weight excluding hydrogens is 262 g/mol. The topological polar surface area (TPSA) is 35.6 Å². The molecule has 1 saturated carbocycles. The Morgan fingerprint density at radius 2 is 1.86 bits per heavy atom. The number of carbonyl (C=O) groups is 1. The third-order valence-corrected chi connectivity index (χ3v) is 4.32. The number of nitrogens with one attached hydrogen (secondary N) is 1. The van der Waals surface area contributed by atoms with Gasteiger partial charge in [0, 0.05) is 31.7 Å². The number of hydrogen-bond donors (Lipinski definition) is 1. The minimum absolute atomic E-state index is 0.192. The average molecular weight is 291 g/mol. The third-order valence-electron chi connectivity index (χ3n) is 4.32. The van der Waals surface area contributed by atoms with Crippen molar-refractivity contribution in [1.29, 1.82) is 0 Å². The fraction of sp³-hybridized carbons (Fsp3) is 0.706. The van der Waals surface area contributed by atoms with E-state index in [4.69, 9.17) is 0 Å². The number of hydrogen-bond acceptors (Lipinski definition) is 3. The highest BCUT2D eigenvalue weighted by molar-refractivity contribution is 5.78. The molecule has 2 fully saturated rings. The number of carbonyl (C=O) groups excluding carboxylic acids is 1. The van der Waals surface area contributed by atoms with Gasteiger partial charge in [0.05, 0.1) is 6.54 Å². The Kier molecular flexibility index (Phi) is 6.46. The summed E-state index contributed by atoms with van der Waals surface area (Å²) in [6, 6.07) is 1.17. The van der Waals surface area contributed by atoms with Gasteiger partial charge < -0.3 is 10.2 Å². The van der Waals surface area contributed by atoms with Crippen LogP contribution in [0.3, 0.4) is 0 Å². The molecule has 0 aromatic rings. The Bertz CT molecular complexity index is 349. The van der Waals surface area contributed by atoms with E-state index in [9.17, 15) is 4.79 Å². The molecule has 4 heteroatoms. The van der Waals surface area contributed by atoms with Gasteiger partial charge in [-0.25, -0.2) is 0 Å². The molecule has 1 aliphatic heterocycles. The largest absolute Gasteiger partial charge is 0.334 e. The van der Waals surface area contributed by atoms with Gasteiger partial charge in [-0.15, -0.1) is 13.2 Å². The van der Waals surface area contributed by atoms with E-state index >= 15 is 0 Å². The molecule has 0 spiro atoms. The van der Waals surface area contributed by atoms with E-state index in [1.165, 1.54) is 32.1 Å². The van der Waals surface area contributed by atoms with Crippen LogP contribution in [-0.4, -0.2) is 60.5 Å². The SMILES string of the molecule is C=CCN(CC=C)C(=O)CN(CC1CCCCN1)C1CC1. The van der Waals surface area contributed by atoms with Gasteiger partial charge in [-0.2, -0.15) is 0 Å². The standard InChI is InChI=1S/C17H29N3O/c1-3-11-19(12-4-2)17(21)14-20(16-8-9-16)13-15-7-5-6-10-18-15/h3-4,15-16,18H,1-2,5-14H2. The highest BCUT2D eigenvalue weighted by Gasteiger charge is 2.32. The summed E-state index contributed by atoms with van der Waals surface area (Å²) in [5, 5.41) is 3.59. The summed E-state index contributed by atoms with van der Waals surface area (Å²) < 4.78 is 0. The van der Waals surface area contributed by atoms with Crippen molar-refractivity contribution in [1.82, 2.24) is 15.1 Å². The zero-order chi connectivity index (χ0) is 15.1. The van der Waals surface area contributed by atoms with Crippen molar-refractivity contribution in [3.05, 3.63) is 25.3 Å². The van der Waals surface area contributed by atoms with Crippen LogP contribution >= 0.6 is 0 Å². The van der Waals surface area contributed by atoms with Crippen molar-refractivity contribution in [2.75, 3.05) is 32.7 Å². The minimum Gasteiger partial charge on any atom is -0.334 e. The molecular formula is C17H29N3O. The van der Waals surface area contributed by atoms with Gasteiger partial charge in [0.2, 0.25) is 5.91 Å². The Morgan fingerprint density at radius 1 is 1.14 bits per heavy atom. The molecule has 1 aliphatic carbocycles. The second-order valence-corrected chi connectivity index (χ2v) is 6.18. The van der Waals surface area contributed by atoms with Crippen LogP contribution in [0, 0.1) is 0 Å². The number of rotatable bonds is 9. The first kappa shape index (κ1) is 16.2. The molecule has 1 unspecified atom stereocenters. The Labute approximate surface area is 128 Å². The molecule has 0 aromatic carbocycles. The molecule has 2 rings (SSSR count). The van der Waals surface area contributed by atoms with E-state index in [2.05, 4.69) is 23.4 Å². The fourth-order valence-electron chi connectivity index (χ4n) is 3.01. The first-order valence-corrected chi connectivity index (χ1v) is 8.21. The molecule has 1 atom stereocenters. The predicted octanol–water partition coefficient (Wildman–Crippen LogP) is 1.79. The first-order valence-electron chi connectivity index (χ1n) is 8.21. The molecule has 0 bridgehead atoms. The molecule has 1 heterocycles. The lowest BCUT2D eigenvalue weighted by Gasteiger charge is -2.31. The zero-order valence-electron chi connectivity index (χ0n) is 13.1. The Morgan fingerprint density at radius 3 is 2.38 bits per heavy atom. The van der Waals surface area contributed by atoms with E-state index in [-0.39, 0.29) is 5.91 Å². The molecule has 21 heavy (non-hydrogen) atoms. The van der Waals surface area contributed by atoms with Gasteiger partial charge in [0.1, 0.15) is 0 Å². The summed E-state index contributed by atoms with van der Waals surface area (Å²) >= 11 is 0. The van der Waals surface area contributed by atoms with Crippen molar-refractivity contribution in [3.63, 3.8) is 0 Å². The summed E-state index contributed by atoms with van der Waals surface area (Å²) in [5.41, 5.74) is 0. The third kappa shape index (κ3) is 5.29. The lowest BCUT2D eigenvalue weighted by atomic mass is 10.0. The molecule has 0 radical (unpaired) electrons. The fourth-order valence-corrected chi connectivity index (χ4v) is 3.01. The zero-order valence-corrected chi connectivity index (χ0v) is 13.1. The molecule has 2 aliphatic rings.